The first-order chi connectivity index (χ1) is 7.69. The Morgan fingerprint density at radius 3 is 3.06 bits per heavy atom. The lowest BCUT2D eigenvalue weighted by atomic mass is 10.1. The van der Waals surface area contributed by atoms with Gasteiger partial charge in [-0.15, -0.1) is 0 Å². The maximum absolute atomic E-state index is 11.1. The number of carbonyl (C=O) groups is 2. The van der Waals surface area contributed by atoms with Crippen molar-refractivity contribution in [2.45, 2.75) is 13.3 Å². The predicted molar refractivity (Wildman–Crippen MR) is 56.4 cm³/mol. The molecular formula is C11H11NO4. The van der Waals surface area contributed by atoms with E-state index in [0.29, 0.717) is 17.9 Å². The van der Waals surface area contributed by atoms with Crippen LogP contribution in [0.1, 0.15) is 12.5 Å². The van der Waals surface area contributed by atoms with Gasteiger partial charge in [0.1, 0.15) is 5.75 Å². The smallest absolute Gasteiger partial charge is 0.434 e. The molecule has 0 bridgehead atoms. The summed E-state index contributed by atoms with van der Waals surface area (Å²) in [6.07, 6.45) is -0.374. The normalized spacial score (nSPS) is 12.9. The Balaban J connectivity index is 2.10. The van der Waals surface area contributed by atoms with E-state index in [9.17, 15) is 9.59 Å². The van der Waals surface area contributed by atoms with Crippen LogP contribution in [0.4, 0.5) is 10.5 Å². The second-order valence-corrected chi connectivity index (χ2v) is 3.33. The van der Waals surface area contributed by atoms with Gasteiger partial charge >= 0.3 is 6.16 Å². The van der Waals surface area contributed by atoms with Crippen LogP contribution < -0.4 is 10.1 Å². The molecule has 16 heavy (non-hydrogen) atoms. The highest BCUT2D eigenvalue weighted by Gasteiger charge is 2.18. The predicted octanol–water partition coefficient (Wildman–Crippen LogP) is 1.72. The van der Waals surface area contributed by atoms with E-state index in [4.69, 9.17) is 4.74 Å². The van der Waals surface area contributed by atoms with E-state index in [0.717, 1.165) is 5.56 Å². The highest BCUT2D eigenvalue weighted by molar-refractivity contribution is 5.99. The van der Waals surface area contributed by atoms with Gasteiger partial charge in [0.2, 0.25) is 5.91 Å². The first-order valence-electron chi connectivity index (χ1n) is 4.96. The van der Waals surface area contributed by atoms with Gasteiger partial charge in [-0.1, -0.05) is 6.07 Å². The van der Waals surface area contributed by atoms with E-state index < -0.39 is 6.16 Å². The van der Waals surface area contributed by atoms with Gasteiger partial charge in [-0.25, -0.2) is 4.79 Å². The summed E-state index contributed by atoms with van der Waals surface area (Å²) < 4.78 is 9.54. The monoisotopic (exact) mass is 221 g/mol. The summed E-state index contributed by atoms with van der Waals surface area (Å²) in [6, 6.07) is 5.00. The van der Waals surface area contributed by atoms with Crippen molar-refractivity contribution in [2.24, 2.45) is 0 Å². The molecule has 0 saturated heterocycles. The molecule has 5 heteroatoms. The van der Waals surface area contributed by atoms with Crippen LogP contribution in [0, 0.1) is 0 Å². The SMILES string of the molecule is CCOC(=O)Oc1ccc2c(c1)NC(=O)C2. The number of amides is 1. The Bertz CT molecular complexity index is 442. The Kier molecular flexibility index (Phi) is 2.76. The third kappa shape index (κ3) is 2.13. The largest absolute Gasteiger partial charge is 0.513 e. The average Bonchev–Trinajstić information content (AvgIpc) is 2.57. The molecule has 2 rings (SSSR count). The molecule has 5 nitrogen and oxygen atoms in total. The molecular weight excluding hydrogens is 210 g/mol. The zero-order valence-electron chi connectivity index (χ0n) is 8.78. The van der Waals surface area contributed by atoms with E-state index in [1.54, 1.807) is 25.1 Å². The number of carbonyl (C=O) groups excluding carboxylic acids is 2. The molecule has 0 radical (unpaired) electrons. The molecule has 1 aromatic carbocycles. The van der Waals surface area contributed by atoms with Crippen molar-refractivity contribution in [2.75, 3.05) is 11.9 Å². The van der Waals surface area contributed by atoms with E-state index in [2.05, 4.69) is 10.1 Å². The number of ether oxygens (including phenoxy) is 2. The first kappa shape index (κ1) is 10.5. The standard InChI is InChI=1S/C11H11NO4/c1-2-15-11(14)16-8-4-3-7-5-10(13)12-9(7)6-8/h3-4,6H,2,5H2,1H3,(H,12,13). The molecule has 0 unspecified atom stereocenters. The minimum Gasteiger partial charge on any atom is -0.434 e. The maximum Gasteiger partial charge on any atom is 0.513 e. The highest BCUT2D eigenvalue weighted by atomic mass is 16.7. The molecule has 1 aliphatic heterocycles. The van der Waals surface area contributed by atoms with Gasteiger partial charge in [-0.05, 0) is 18.6 Å². The quantitative estimate of drug-likeness (QED) is 0.610. The van der Waals surface area contributed by atoms with E-state index in [1.165, 1.54) is 0 Å². The summed E-state index contributed by atoms with van der Waals surface area (Å²) in [5.74, 6) is 0.308. The van der Waals surface area contributed by atoms with Crippen molar-refractivity contribution >= 4 is 17.7 Å². The van der Waals surface area contributed by atoms with Crippen LogP contribution in [0.5, 0.6) is 5.75 Å². The molecule has 0 saturated carbocycles. The molecule has 1 amide bonds. The molecule has 1 aromatic rings. The minimum absolute atomic E-state index is 0.0525. The fraction of sp³-hybridized carbons (Fsp3) is 0.273. The third-order valence-electron chi connectivity index (χ3n) is 2.17. The zero-order chi connectivity index (χ0) is 11.5. The molecule has 0 fully saturated rings. The number of rotatable bonds is 2. The Hall–Kier alpha value is -2.04. The van der Waals surface area contributed by atoms with Crippen LogP contribution in [0.3, 0.4) is 0 Å². The molecule has 1 N–H and O–H groups in total. The second kappa shape index (κ2) is 4.22. The van der Waals surface area contributed by atoms with Crippen LogP contribution in [0.15, 0.2) is 18.2 Å². The summed E-state index contributed by atoms with van der Waals surface area (Å²) in [5.41, 5.74) is 1.59. The van der Waals surface area contributed by atoms with Crippen molar-refractivity contribution < 1.29 is 19.1 Å². The van der Waals surface area contributed by atoms with Crippen LogP contribution in [0.2, 0.25) is 0 Å². The van der Waals surface area contributed by atoms with Crippen molar-refractivity contribution in [1.82, 2.24) is 0 Å². The third-order valence-corrected chi connectivity index (χ3v) is 2.17. The zero-order valence-corrected chi connectivity index (χ0v) is 8.78. The Morgan fingerprint density at radius 1 is 1.50 bits per heavy atom. The van der Waals surface area contributed by atoms with Gasteiger partial charge in [0.15, 0.2) is 0 Å². The van der Waals surface area contributed by atoms with Crippen LogP contribution in [0.25, 0.3) is 0 Å². The van der Waals surface area contributed by atoms with Crippen molar-refractivity contribution in [1.29, 1.82) is 0 Å². The van der Waals surface area contributed by atoms with Crippen molar-refractivity contribution in [3.8, 4) is 5.75 Å². The highest BCUT2D eigenvalue weighted by Crippen LogP contribution is 2.27. The van der Waals surface area contributed by atoms with Gasteiger partial charge in [0.25, 0.3) is 0 Å². The Labute approximate surface area is 92.4 Å². The van der Waals surface area contributed by atoms with Crippen LogP contribution in [-0.4, -0.2) is 18.7 Å². The number of nitrogens with one attached hydrogen (secondary N) is 1. The minimum atomic E-state index is -0.744. The van der Waals surface area contributed by atoms with Gasteiger partial charge in [0.05, 0.1) is 13.0 Å². The summed E-state index contributed by atoms with van der Waals surface area (Å²) >= 11 is 0. The lowest BCUT2D eigenvalue weighted by molar-refractivity contribution is -0.115. The number of fused-ring (bicyclic) bond motifs is 1. The van der Waals surface area contributed by atoms with Gasteiger partial charge < -0.3 is 14.8 Å². The summed E-state index contributed by atoms with van der Waals surface area (Å²) in [5, 5.41) is 2.67. The molecule has 0 aromatic heterocycles. The molecule has 0 atom stereocenters. The summed E-state index contributed by atoms with van der Waals surface area (Å²) in [7, 11) is 0. The number of hydrogen-bond donors (Lipinski definition) is 1. The fourth-order valence-corrected chi connectivity index (χ4v) is 1.50. The number of hydrogen-bond acceptors (Lipinski definition) is 4. The molecule has 1 aliphatic rings. The van der Waals surface area contributed by atoms with Crippen molar-refractivity contribution in [3.63, 3.8) is 0 Å². The van der Waals surface area contributed by atoms with E-state index in [-0.39, 0.29) is 12.5 Å². The maximum atomic E-state index is 11.1. The average molecular weight is 221 g/mol. The second-order valence-electron chi connectivity index (χ2n) is 3.33. The van der Waals surface area contributed by atoms with E-state index >= 15 is 0 Å². The molecule has 0 aliphatic carbocycles. The topological polar surface area (TPSA) is 64.6 Å². The molecule has 0 spiro atoms. The Morgan fingerprint density at radius 2 is 2.31 bits per heavy atom. The van der Waals surface area contributed by atoms with Crippen LogP contribution in [-0.2, 0) is 16.0 Å². The van der Waals surface area contributed by atoms with Crippen molar-refractivity contribution in [3.05, 3.63) is 23.8 Å². The first-order valence-corrected chi connectivity index (χ1v) is 4.96. The number of anilines is 1. The van der Waals surface area contributed by atoms with Gasteiger partial charge in [0, 0.05) is 11.8 Å². The summed E-state index contributed by atoms with van der Waals surface area (Å²) in [6.45, 7) is 1.96. The number of benzene rings is 1. The lowest BCUT2D eigenvalue weighted by Gasteiger charge is -2.05. The van der Waals surface area contributed by atoms with Crippen LogP contribution >= 0.6 is 0 Å². The van der Waals surface area contributed by atoms with Gasteiger partial charge in [-0.2, -0.15) is 0 Å². The van der Waals surface area contributed by atoms with E-state index in [1.807, 2.05) is 0 Å². The molecule has 84 valence electrons. The molecule has 1 heterocycles. The van der Waals surface area contributed by atoms with Gasteiger partial charge in [-0.3, -0.25) is 4.79 Å². The summed E-state index contributed by atoms with van der Waals surface area (Å²) in [4.78, 5) is 22.1. The lowest BCUT2D eigenvalue weighted by Crippen LogP contribution is -2.10. The fourth-order valence-electron chi connectivity index (χ4n) is 1.50.